The lowest BCUT2D eigenvalue weighted by molar-refractivity contribution is 0.0999. The molecule has 0 aliphatic carbocycles. The lowest BCUT2D eigenvalue weighted by Crippen LogP contribution is -2.28. The Bertz CT molecular complexity index is 1210. The minimum absolute atomic E-state index is 0.155. The molecular weight excluding hydrogens is 364 g/mol. The fourth-order valence-electron chi connectivity index (χ4n) is 2.89. The third kappa shape index (κ3) is 2.83. The summed E-state index contributed by atoms with van der Waals surface area (Å²) in [5, 5.41) is 2.58. The number of anilines is 2. The number of furan rings is 1. The number of thiazole rings is 1. The van der Waals surface area contributed by atoms with Gasteiger partial charge in [-0.3, -0.25) is 14.5 Å². The van der Waals surface area contributed by atoms with Crippen LogP contribution in [0.1, 0.15) is 21.8 Å². The van der Waals surface area contributed by atoms with Crippen LogP contribution < -0.4 is 10.5 Å². The lowest BCUT2D eigenvalue weighted by Gasteiger charge is -2.19. The molecule has 0 radical (unpaired) electrons. The van der Waals surface area contributed by atoms with E-state index in [1.54, 1.807) is 14.0 Å². The second-order valence-electron chi connectivity index (χ2n) is 6.12. The van der Waals surface area contributed by atoms with Crippen LogP contribution in [0.25, 0.3) is 11.1 Å². The highest BCUT2D eigenvalue weighted by Gasteiger charge is 2.29. The summed E-state index contributed by atoms with van der Waals surface area (Å²) in [6.07, 6.45) is 1.38. The summed E-state index contributed by atoms with van der Waals surface area (Å²) in [6.45, 7) is 3.52. The summed E-state index contributed by atoms with van der Waals surface area (Å²) in [7, 11) is 1.59. The number of para-hydroxylation sites is 1. The largest absolute Gasteiger partial charge is 0.442 e. The van der Waals surface area contributed by atoms with Crippen LogP contribution in [-0.4, -0.2) is 20.4 Å². The van der Waals surface area contributed by atoms with Crippen LogP contribution in [-0.2, 0) is 7.05 Å². The second-order valence-corrected chi connectivity index (χ2v) is 6.96. The number of nitrogens with zero attached hydrogens (tertiary/aromatic N) is 4. The number of benzene rings is 1. The van der Waals surface area contributed by atoms with Crippen LogP contribution in [0.15, 0.2) is 51.3 Å². The van der Waals surface area contributed by atoms with E-state index in [0.29, 0.717) is 16.6 Å². The molecule has 4 rings (SSSR count). The minimum Gasteiger partial charge on any atom is -0.442 e. The van der Waals surface area contributed by atoms with E-state index in [2.05, 4.69) is 9.97 Å². The maximum Gasteiger partial charge on any atom is 0.269 e. The number of amides is 1. The Morgan fingerprint density at radius 3 is 2.63 bits per heavy atom. The molecule has 0 aliphatic heterocycles. The molecule has 0 unspecified atom stereocenters. The first-order valence-corrected chi connectivity index (χ1v) is 9.11. The zero-order valence-corrected chi connectivity index (χ0v) is 15.8. The molecule has 0 atom stereocenters. The molecule has 0 spiro atoms. The SMILES string of the molecule is Cc1csc(N(C(=O)c2c(C)oc3ncn(C)c(=O)c23)c2ccccc2)n1. The third-order valence-electron chi connectivity index (χ3n) is 4.18. The van der Waals surface area contributed by atoms with Gasteiger partial charge in [0.25, 0.3) is 11.5 Å². The molecule has 8 heteroatoms. The summed E-state index contributed by atoms with van der Waals surface area (Å²) in [5.41, 5.74) is 1.50. The van der Waals surface area contributed by atoms with E-state index >= 15 is 0 Å². The van der Waals surface area contributed by atoms with Crippen molar-refractivity contribution in [3.05, 3.63) is 69.4 Å². The molecule has 1 amide bonds. The predicted molar refractivity (Wildman–Crippen MR) is 104 cm³/mol. The van der Waals surface area contributed by atoms with Crippen molar-refractivity contribution in [2.45, 2.75) is 13.8 Å². The summed E-state index contributed by atoms with van der Waals surface area (Å²) in [5.74, 6) is -0.0306. The maximum atomic E-state index is 13.6. The molecule has 7 nitrogen and oxygen atoms in total. The smallest absolute Gasteiger partial charge is 0.269 e. The zero-order valence-electron chi connectivity index (χ0n) is 15.0. The molecule has 0 saturated heterocycles. The highest BCUT2D eigenvalue weighted by atomic mass is 32.1. The monoisotopic (exact) mass is 380 g/mol. The number of fused-ring (bicyclic) bond motifs is 1. The molecule has 136 valence electrons. The second kappa shape index (κ2) is 6.48. The number of aromatic nitrogens is 3. The Morgan fingerprint density at radius 2 is 1.96 bits per heavy atom. The fourth-order valence-corrected chi connectivity index (χ4v) is 3.71. The van der Waals surface area contributed by atoms with Gasteiger partial charge in [0.2, 0.25) is 5.71 Å². The predicted octanol–water partition coefficient (Wildman–Crippen LogP) is 3.58. The van der Waals surface area contributed by atoms with Gasteiger partial charge in [-0.05, 0) is 26.0 Å². The molecule has 3 aromatic heterocycles. The Morgan fingerprint density at radius 1 is 1.22 bits per heavy atom. The Hall–Kier alpha value is -3.26. The van der Waals surface area contributed by atoms with Gasteiger partial charge < -0.3 is 8.98 Å². The topological polar surface area (TPSA) is 81.2 Å². The quantitative estimate of drug-likeness (QED) is 0.543. The van der Waals surface area contributed by atoms with Crippen molar-refractivity contribution in [3.8, 4) is 0 Å². The number of rotatable bonds is 3. The van der Waals surface area contributed by atoms with E-state index < -0.39 is 0 Å². The highest BCUT2D eigenvalue weighted by molar-refractivity contribution is 7.14. The van der Waals surface area contributed by atoms with Gasteiger partial charge in [0.05, 0.1) is 16.9 Å². The van der Waals surface area contributed by atoms with Crippen molar-refractivity contribution >= 4 is 39.2 Å². The standard InChI is InChI=1S/C19H16N4O3S/c1-11-9-27-19(21-11)23(13-7-5-4-6-8-13)18(25)14-12(2)26-16-15(14)17(24)22(3)10-20-16/h4-10H,1-3H3. The van der Waals surface area contributed by atoms with Gasteiger partial charge in [0.1, 0.15) is 17.5 Å². The Kier molecular flexibility index (Phi) is 4.12. The molecule has 1 aromatic carbocycles. The van der Waals surface area contributed by atoms with Gasteiger partial charge in [0.15, 0.2) is 5.13 Å². The van der Waals surface area contributed by atoms with Gasteiger partial charge in [-0.15, -0.1) is 11.3 Å². The third-order valence-corrected chi connectivity index (χ3v) is 5.12. The number of hydrogen-bond acceptors (Lipinski definition) is 6. The summed E-state index contributed by atoms with van der Waals surface area (Å²) in [6, 6.07) is 9.20. The fraction of sp³-hybridized carbons (Fsp3) is 0.158. The van der Waals surface area contributed by atoms with Crippen LogP contribution in [0.3, 0.4) is 0 Å². The highest BCUT2D eigenvalue weighted by Crippen LogP contribution is 2.32. The normalized spacial score (nSPS) is 11.1. The van der Waals surface area contributed by atoms with Crippen molar-refractivity contribution in [2.24, 2.45) is 7.05 Å². The molecule has 0 saturated carbocycles. The molecule has 0 N–H and O–H groups in total. The first-order chi connectivity index (χ1) is 13.0. The number of hydrogen-bond donors (Lipinski definition) is 0. The molecule has 3 heterocycles. The first-order valence-electron chi connectivity index (χ1n) is 8.23. The van der Waals surface area contributed by atoms with Gasteiger partial charge in [0, 0.05) is 12.4 Å². The summed E-state index contributed by atoms with van der Waals surface area (Å²) in [4.78, 5) is 36.3. The minimum atomic E-state index is -0.378. The van der Waals surface area contributed by atoms with Crippen LogP contribution in [0.4, 0.5) is 10.8 Å². The lowest BCUT2D eigenvalue weighted by atomic mass is 10.1. The number of aryl methyl sites for hydroxylation is 3. The average Bonchev–Trinajstić information content (AvgIpc) is 3.22. The summed E-state index contributed by atoms with van der Waals surface area (Å²) >= 11 is 1.36. The van der Waals surface area contributed by atoms with Crippen molar-refractivity contribution in [3.63, 3.8) is 0 Å². The van der Waals surface area contributed by atoms with Crippen molar-refractivity contribution < 1.29 is 9.21 Å². The van der Waals surface area contributed by atoms with Gasteiger partial charge in [-0.2, -0.15) is 0 Å². The van der Waals surface area contributed by atoms with Crippen LogP contribution in [0.2, 0.25) is 0 Å². The molecule has 0 aliphatic rings. The first kappa shape index (κ1) is 17.2. The average molecular weight is 380 g/mol. The number of carbonyl (C=O) groups excluding carboxylic acids is 1. The van der Waals surface area contributed by atoms with Gasteiger partial charge in [-0.1, -0.05) is 18.2 Å². The van der Waals surface area contributed by atoms with Gasteiger partial charge >= 0.3 is 0 Å². The van der Waals surface area contributed by atoms with Gasteiger partial charge in [-0.25, -0.2) is 9.97 Å². The zero-order chi connectivity index (χ0) is 19.1. The van der Waals surface area contributed by atoms with E-state index in [1.807, 2.05) is 42.6 Å². The van der Waals surface area contributed by atoms with E-state index in [4.69, 9.17) is 4.42 Å². The van der Waals surface area contributed by atoms with E-state index in [-0.39, 0.29) is 28.1 Å². The summed E-state index contributed by atoms with van der Waals surface area (Å²) < 4.78 is 6.92. The van der Waals surface area contributed by atoms with Crippen molar-refractivity contribution in [1.82, 2.24) is 14.5 Å². The maximum absolute atomic E-state index is 13.6. The van der Waals surface area contributed by atoms with Crippen molar-refractivity contribution in [1.29, 1.82) is 0 Å². The van der Waals surface area contributed by atoms with Crippen LogP contribution in [0.5, 0.6) is 0 Å². The molecule has 27 heavy (non-hydrogen) atoms. The Balaban J connectivity index is 1.96. The van der Waals surface area contributed by atoms with E-state index in [0.717, 1.165) is 5.69 Å². The van der Waals surface area contributed by atoms with E-state index in [1.165, 1.54) is 27.1 Å². The molecule has 0 bridgehead atoms. The van der Waals surface area contributed by atoms with Crippen LogP contribution >= 0.6 is 11.3 Å². The van der Waals surface area contributed by atoms with E-state index in [9.17, 15) is 9.59 Å². The molecule has 4 aromatic rings. The molecular formula is C19H16N4O3S. The molecule has 0 fully saturated rings. The van der Waals surface area contributed by atoms with Crippen molar-refractivity contribution in [2.75, 3.05) is 4.90 Å². The number of carbonyl (C=O) groups is 1. The Labute approximate surface area is 158 Å². The van der Waals surface area contributed by atoms with Crippen LogP contribution in [0, 0.1) is 13.8 Å².